The van der Waals surface area contributed by atoms with Gasteiger partial charge in [-0.3, -0.25) is 0 Å². The molecule has 4 nitrogen and oxygen atoms in total. The Hall–Kier alpha value is -0.900. The summed E-state index contributed by atoms with van der Waals surface area (Å²) in [6.07, 6.45) is 11.0. The second kappa shape index (κ2) is 5.99. The molecule has 0 aliphatic heterocycles. The molecule has 1 fully saturated rings. The standard InChI is InChI=1S/C12H22N4/c13-8-5-9-16-12(10-14-15-16)11-6-3-1-2-4-7-11/h10-11H,1-9,13H2. The summed E-state index contributed by atoms with van der Waals surface area (Å²) in [6.45, 7) is 1.65. The Kier molecular flexibility index (Phi) is 4.34. The maximum atomic E-state index is 5.54. The van der Waals surface area contributed by atoms with Crippen molar-refractivity contribution in [3.05, 3.63) is 11.9 Å². The van der Waals surface area contributed by atoms with Crippen molar-refractivity contribution in [3.8, 4) is 0 Å². The minimum Gasteiger partial charge on any atom is -0.330 e. The van der Waals surface area contributed by atoms with Gasteiger partial charge in [0, 0.05) is 12.5 Å². The molecule has 0 atom stereocenters. The van der Waals surface area contributed by atoms with Gasteiger partial charge >= 0.3 is 0 Å². The predicted octanol–water partition coefficient (Wildman–Crippen LogP) is 2.06. The van der Waals surface area contributed by atoms with E-state index in [1.807, 2.05) is 6.20 Å². The van der Waals surface area contributed by atoms with E-state index >= 15 is 0 Å². The lowest BCUT2D eigenvalue weighted by Crippen LogP contribution is -2.12. The molecule has 1 saturated carbocycles. The fourth-order valence-electron chi connectivity index (χ4n) is 2.57. The summed E-state index contributed by atoms with van der Waals surface area (Å²) in [7, 11) is 0. The summed E-state index contributed by atoms with van der Waals surface area (Å²) in [6, 6.07) is 0. The first-order chi connectivity index (χ1) is 7.92. The summed E-state index contributed by atoms with van der Waals surface area (Å²) in [5, 5.41) is 8.22. The number of hydrogen-bond acceptors (Lipinski definition) is 3. The van der Waals surface area contributed by atoms with Crippen molar-refractivity contribution in [1.82, 2.24) is 15.0 Å². The number of nitrogens with two attached hydrogens (primary N) is 1. The molecule has 2 rings (SSSR count). The Morgan fingerprint density at radius 3 is 2.69 bits per heavy atom. The zero-order valence-corrected chi connectivity index (χ0v) is 9.94. The van der Waals surface area contributed by atoms with E-state index in [-0.39, 0.29) is 0 Å². The third-order valence-electron chi connectivity index (χ3n) is 3.50. The van der Waals surface area contributed by atoms with Crippen molar-refractivity contribution in [2.75, 3.05) is 6.54 Å². The van der Waals surface area contributed by atoms with E-state index in [9.17, 15) is 0 Å². The van der Waals surface area contributed by atoms with Crippen LogP contribution in [0.1, 0.15) is 56.6 Å². The van der Waals surface area contributed by atoms with Gasteiger partial charge in [0.25, 0.3) is 0 Å². The van der Waals surface area contributed by atoms with E-state index in [4.69, 9.17) is 5.73 Å². The van der Waals surface area contributed by atoms with Gasteiger partial charge in [-0.15, -0.1) is 5.10 Å². The first-order valence-corrected chi connectivity index (χ1v) is 6.50. The SMILES string of the molecule is NCCCn1nncc1C1CCCCCC1. The van der Waals surface area contributed by atoms with Crippen LogP contribution in [0.25, 0.3) is 0 Å². The van der Waals surface area contributed by atoms with Gasteiger partial charge in [0.1, 0.15) is 0 Å². The van der Waals surface area contributed by atoms with Crippen LogP contribution in [-0.4, -0.2) is 21.5 Å². The highest BCUT2D eigenvalue weighted by atomic mass is 15.4. The molecule has 1 aromatic rings. The van der Waals surface area contributed by atoms with Crippen LogP contribution in [0.2, 0.25) is 0 Å². The molecule has 1 heterocycles. The monoisotopic (exact) mass is 222 g/mol. The molecular weight excluding hydrogens is 200 g/mol. The van der Waals surface area contributed by atoms with E-state index in [0.717, 1.165) is 19.5 Å². The number of aromatic nitrogens is 3. The van der Waals surface area contributed by atoms with Gasteiger partial charge in [-0.2, -0.15) is 0 Å². The Morgan fingerprint density at radius 1 is 1.25 bits per heavy atom. The highest BCUT2D eigenvalue weighted by Crippen LogP contribution is 2.30. The molecule has 1 aliphatic carbocycles. The number of aryl methyl sites for hydroxylation is 1. The van der Waals surface area contributed by atoms with Crippen LogP contribution in [0.15, 0.2) is 6.20 Å². The predicted molar refractivity (Wildman–Crippen MR) is 64.1 cm³/mol. The smallest absolute Gasteiger partial charge is 0.0728 e. The van der Waals surface area contributed by atoms with Crippen molar-refractivity contribution in [3.63, 3.8) is 0 Å². The quantitative estimate of drug-likeness (QED) is 0.793. The lowest BCUT2D eigenvalue weighted by atomic mass is 9.97. The molecule has 0 unspecified atom stereocenters. The van der Waals surface area contributed by atoms with E-state index in [0.29, 0.717) is 5.92 Å². The minimum absolute atomic E-state index is 0.676. The van der Waals surface area contributed by atoms with Gasteiger partial charge < -0.3 is 5.73 Å². The molecule has 0 bridgehead atoms. The Labute approximate surface area is 97.2 Å². The summed E-state index contributed by atoms with van der Waals surface area (Å²) in [4.78, 5) is 0. The van der Waals surface area contributed by atoms with Gasteiger partial charge in [0.2, 0.25) is 0 Å². The van der Waals surface area contributed by atoms with Crippen LogP contribution in [0.3, 0.4) is 0 Å². The van der Waals surface area contributed by atoms with Crippen molar-refractivity contribution in [2.45, 2.75) is 57.4 Å². The Bertz CT molecular complexity index is 300. The highest BCUT2D eigenvalue weighted by Gasteiger charge is 2.18. The minimum atomic E-state index is 0.676. The molecule has 4 heteroatoms. The lowest BCUT2D eigenvalue weighted by Gasteiger charge is -2.14. The van der Waals surface area contributed by atoms with Crippen LogP contribution in [0, 0.1) is 0 Å². The van der Waals surface area contributed by atoms with Crippen LogP contribution in [0.5, 0.6) is 0 Å². The fourth-order valence-corrected chi connectivity index (χ4v) is 2.57. The lowest BCUT2D eigenvalue weighted by molar-refractivity contribution is 0.488. The van der Waals surface area contributed by atoms with Crippen LogP contribution < -0.4 is 5.73 Å². The molecular formula is C12H22N4. The van der Waals surface area contributed by atoms with Gasteiger partial charge in [0.15, 0.2) is 0 Å². The van der Waals surface area contributed by atoms with E-state index < -0.39 is 0 Å². The maximum absolute atomic E-state index is 5.54. The summed E-state index contributed by atoms with van der Waals surface area (Å²) < 4.78 is 2.06. The second-order valence-electron chi connectivity index (χ2n) is 4.71. The summed E-state index contributed by atoms with van der Waals surface area (Å²) in [5.41, 5.74) is 6.87. The topological polar surface area (TPSA) is 56.7 Å². The van der Waals surface area contributed by atoms with Crippen molar-refractivity contribution in [2.24, 2.45) is 5.73 Å². The molecule has 0 amide bonds. The van der Waals surface area contributed by atoms with Gasteiger partial charge in [-0.05, 0) is 25.8 Å². The fraction of sp³-hybridized carbons (Fsp3) is 0.833. The number of rotatable bonds is 4. The number of hydrogen-bond donors (Lipinski definition) is 1. The van der Waals surface area contributed by atoms with E-state index in [1.54, 1.807) is 0 Å². The van der Waals surface area contributed by atoms with E-state index in [2.05, 4.69) is 15.0 Å². The average molecular weight is 222 g/mol. The van der Waals surface area contributed by atoms with Crippen LogP contribution in [0.4, 0.5) is 0 Å². The van der Waals surface area contributed by atoms with Gasteiger partial charge in [-0.25, -0.2) is 4.68 Å². The summed E-state index contributed by atoms with van der Waals surface area (Å²) >= 11 is 0. The van der Waals surface area contributed by atoms with Crippen molar-refractivity contribution >= 4 is 0 Å². The highest BCUT2D eigenvalue weighted by molar-refractivity contribution is 5.03. The first kappa shape index (κ1) is 11.6. The third-order valence-corrected chi connectivity index (χ3v) is 3.50. The number of nitrogens with zero attached hydrogens (tertiary/aromatic N) is 3. The molecule has 90 valence electrons. The van der Waals surface area contributed by atoms with Crippen LogP contribution >= 0.6 is 0 Å². The second-order valence-corrected chi connectivity index (χ2v) is 4.71. The maximum Gasteiger partial charge on any atom is 0.0728 e. The molecule has 0 radical (unpaired) electrons. The van der Waals surface area contributed by atoms with Crippen LogP contribution in [-0.2, 0) is 6.54 Å². The van der Waals surface area contributed by atoms with E-state index in [1.165, 1.54) is 44.2 Å². The molecule has 16 heavy (non-hydrogen) atoms. The third kappa shape index (κ3) is 2.82. The first-order valence-electron chi connectivity index (χ1n) is 6.50. The Balaban J connectivity index is 2.03. The molecule has 1 aliphatic rings. The molecule has 0 aromatic carbocycles. The molecule has 1 aromatic heterocycles. The van der Waals surface area contributed by atoms with Crippen molar-refractivity contribution in [1.29, 1.82) is 0 Å². The molecule has 0 spiro atoms. The molecule has 2 N–H and O–H groups in total. The molecule has 0 saturated heterocycles. The van der Waals surface area contributed by atoms with Gasteiger partial charge in [0.05, 0.1) is 11.9 Å². The average Bonchev–Trinajstić information content (AvgIpc) is 2.60. The zero-order chi connectivity index (χ0) is 11.2. The zero-order valence-electron chi connectivity index (χ0n) is 9.94. The van der Waals surface area contributed by atoms with Gasteiger partial charge in [-0.1, -0.05) is 30.9 Å². The largest absolute Gasteiger partial charge is 0.330 e. The Morgan fingerprint density at radius 2 is 2.00 bits per heavy atom. The van der Waals surface area contributed by atoms with Crippen molar-refractivity contribution < 1.29 is 0 Å². The normalized spacial score (nSPS) is 18.6. The summed E-state index contributed by atoms with van der Waals surface area (Å²) in [5.74, 6) is 0.676.